The smallest absolute Gasteiger partial charge is 0.260 e. The Morgan fingerprint density at radius 3 is 2.80 bits per heavy atom. The standard InChI is InChI=1S/C5H5N3OS/c1-2-3(6)7-5(10)8-4(2)9/h1H2,(H3,6,7,8,9,10). The first-order chi connectivity index (χ1) is 4.61. The minimum absolute atomic E-state index is 0.0914. The van der Waals surface area contributed by atoms with E-state index in [4.69, 9.17) is 5.73 Å². The summed E-state index contributed by atoms with van der Waals surface area (Å²) in [7, 11) is 0. The molecule has 0 spiro atoms. The zero-order chi connectivity index (χ0) is 7.72. The molecular formula is C5H5N3OS. The van der Waals surface area contributed by atoms with Crippen LogP contribution in [-0.4, -0.2) is 16.9 Å². The Bertz CT molecular complexity index is 256. The first-order valence-corrected chi connectivity index (χ1v) is 2.91. The largest absolute Gasteiger partial charge is 0.383 e. The van der Waals surface area contributed by atoms with Crippen molar-refractivity contribution < 1.29 is 4.79 Å². The molecule has 1 heterocycles. The quantitative estimate of drug-likeness (QED) is 0.359. The zero-order valence-electron chi connectivity index (χ0n) is 5.05. The van der Waals surface area contributed by atoms with E-state index in [1.165, 1.54) is 0 Å². The summed E-state index contributed by atoms with van der Waals surface area (Å²) >= 11 is 4.57. The van der Waals surface area contributed by atoms with Gasteiger partial charge >= 0.3 is 0 Å². The van der Waals surface area contributed by atoms with Crippen LogP contribution in [0.3, 0.4) is 0 Å². The molecule has 0 bridgehead atoms. The molecule has 0 aromatic carbocycles. The molecular weight excluding hydrogens is 150 g/mol. The van der Waals surface area contributed by atoms with Crippen LogP contribution in [0.1, 0.15) is 0 Å². The fraction of sp³-hybridized carbons (Fsp3) is 0. The summed E-state index contributed by atoms with van der Waals surface area (Å²) in [4.78, 5) is 14.4. The molecule has 0 unspecified atom stereocenters. The number of carbonyl (C=O) groups excluding carboxylic acids is 1. The monoisotopic (exact) mass is 155 g/mol. The molecule has 0 aliphatic carbocycles. The van der Waals surface area contributed by atoms with Crippen molar-refractivity contribution in [3.63, 3.8) is 0 Å². The van der Waals surface area contributed by atoms with Crippen molar-refractivity contribution in [2.45, 2.75) is 0 Å². The summed E-state index contributed by atoms with van der Waals surface area (Å²) in [6.45, 7) is 3.38. The summed E-state index contributed by atoms with van der Waals surface area (Å²) < 4.78 is 0. The van der Waals surface area contributed by atoms with Crippen LogP contribution in [-0.2, 0) is 4.79 Å². The predicted molar refractivity (Wildman–Crippen MR) is 41.5 cm³/mol. The van der Waals surface area contributed by atoms with Gasteiger partial charge in [0, 0.05) is 0 Å². The van der Waals surface area contributed by atoms with Crippen molar-refractivity contribution in [1.82, 2.24) is 5.32 Å². The number of rotatable bonds is 0. The van der Waals surface area contributed by atoms with Crippen molar-refractivity contribution in [1.29, 1.82) is 0 Å². The Morgan fingerprint density at radius 2 is 2.30 bits per heavy atom. The van der Waals surface area contributed by atoms with Crippen molar-refractivity contribution in [2.24, 2.45) is 10.7 Å². The molecule has 4 nitrogen and oxygen atoms in total. The SMILES string of the molecule is C=C1C(=O)NC(=S)N=C1N. The number of thiocarbonyl (C=S) groups is 1. The third-order valence-corrected chi connectivity index (χ3v) is 1.22. The lowest BCUT2D eigenvalue weighted by Gasteiger charge is -2.10. The number of amides is 1. The van der Waals surface area contributed by atoms with E-state index in [9.17, 15) is 4.79 Å². The summed E-state index contributed by atoms with van der Waals surface area (Å²) in [5.74, 6) is -0.286. The number of amidine groups is 1. The Hall–Kier alpha value is -1.23. The average Bonchev–Trinajstić information content (AvgIpc) is 1.82. The third kappa shape index (κ3) is 1.03. The lowest BCUT2D eigenvalue weighted by atomic mass is 10.2. The second-order valence-electron chi connectivity index (χ2n) is 1.73. The van der Waals surface area contributed by atoms with Crippen LogP contribution < -0.4 is 11.1 Å². The maximum atomic E-state index is 10.8. The van der Waals surface area contributed by atoms with Crippen LogP contribution in [0.4, 0.5) is 0 Å². The van der Waals surface area contributed by atoms with Gasteiger partial charge in [-0.25, -0.2) is 4.99 Å². The second-order valence-corrected chi connectivity index (χ2v) is 2.12. The number of aliphatic imine (C=N–C) groups is 1. The Kier molecular flexibility index (Phi) is 1.50. The molecule has 0 fully saturated rings. The molecule has 3 N–H and O–H groups in total. The van der Waals surface area contributed by atoms with Crippen LogP contribution in [0.15, 0.2) is 17.1 Å². The lowest BCUT2D eigenvalue weighted by Crippen LogP contribution is -2.39. The van der Waals surface area contributed by atoms with Crippen molar-refractivity contribution in [3.05, 3.63) is 12.2 Å². The fourth-order valence-electron chi connectivity index (χ4n) is 0.494. The first-order valence-electron chi connectivity index (χ1n) is 2.50. The van der Waals surface area contributed by atoms with Gasteiger partial charge in [0.1, 0.15) is 5.84 Å². The van der Waals surface area contributed by atoms with Gasteiger partial charge in [-0.1, -0.05) is 6.58 Å². The number of carbonyl (C=O) groups is 1. The van der Waals surface area contributed by atoms with Gasteiger partial charge < -0.3 is 5.73 Å². The molecule has 1 aliphatic heterocycles. The normalized spacial score (nSPS) is 18.4. The van der Waals surface area contributed by atoms with E-state index < -0.39 is 0 Å². The lowest BCUT2D eigenvalue weighted by molar-refractivity contribution is -0.115. The molecule has 5 heteroatoms. The third-order valence-electron chi connectivity index (χ3n) is 1.03. The van der Waals surface area contributed by atoms with Gasteiger partial charge in [-0.15, -0.1) is 0 Å². The van der Waals surface area contributed by atoms with Crippen molar-refractivity contribution in [2.75, 3.05) is 0 Å². The maximum absolute atomic E-state index is 10.8. The van der Waals surface area contributed by atoms with Crippen molar-refractivity contribution >= 4 is 29.1 Å². The van der Waals surface area contributed by atoms with Crippen LogP contribution in [0.25, 0.3) is 0 Å². The molecule has 0 atom stereocenters. The van der Waals surface area contributed by atoms with Gasteiger partial charge in [0.25, 0.3) is 5.91 Å². The highest BCUT2D eigenvalue weighted by atomic mass is 32.1. The number of hydrogen-bond acceptors (Lipinski definition) is 3. The van der Waals surface area contributed by atoms with E-state index in [2.05, 4.69) is 29.1 Å². The van der Waals surface area contributed by atoms with E-state index in [1.54, 1.807) is 0 Å². The highest BCUT2D eigenvalue weighted by molar-refractivity contribution is 7.80. The summed E-state index contributed by atoms with van der Waals surface area (Å²) in [6, 6.07) is 0. The maximum Gasteiger partial charge on any atom is 0.260 e. The Labute approximate surface area is 62.8 Å². The molecule has 0 saturated carbocycles. The highest BCUT2D eigenvalue weighted by Crippen LogP contribution is 1.97. The number of nitrogens with zero attached hydrogens (tertiary/aromatic N) is 1. The number of nitrogens with one attached hydrogen (secondary N) is 1. The molecule has 0 radical (unpaired) electrons. The fourth-order valence-corrected chi connectivity index (χ4v) is 0.685. The summed E-state index contributed by atoms with van der Waals surface area (Å²) in [5.41, 5.74) is 5.42. The van der Waals surface area contributed by atoms with E-state index in [-0.39, 0.29) is 22.4 Å². The van der Waals surface area contributed by atoms with Crippen molar-refractivity contribution in [3.8, 4) is 0 Å². The van der Waals surface area contributed by atoms with Gasteiger partial charge in [-0.2, -0.15) is 0 Å². The molecule has 0 saturated heterocycles. The number of hydrogen-bond donors (Lipinski definition) is 2. The second kappa shape index (κ2) is 2.18. The minimum atomic E-state index is -0.377. The van der Waals surface area contributed by atoms with E-state index in [1.807, 2.05) is 0 Å². The molecule has 0 aromatic rings. The van der Waals surface area contributed by atoms with Crippen LogP contribution in [0, 0.1) is 0 Å². The van der Waals surface area contributed by atoms with Crippen LogP contribution in [0.2, 0.25) is 0 Å². The molecule has 52 valence electrons. The average molecular weight is 155 g/mol. The van der Waals surface area contributed by atoms with Gasteiger partial charge in [0.05, 0.1) is 5.57 Å². The molecule has 1 amide bonds. The van der Waals surface area contributed by atoms with Gasteiger partial charge in [0.15, 0.2) is 0 Å². The summed E-state index contributed by atoms with van der Waals surface area (Å²) in [5, 5.41) is 2.38. The van der Waals surface area contributed by atoms with Gasteiger partial charge in [0.2, 0.25) is 5.11 Å². The Balaban J connectivity index is 3.03. The predicted octanol–water partition coefficient (Wildman–Crippen LogP) is -0.686. The molecule has 1 rings (SSSR count). The highest BCUT2D eigenvalue weighted by Gasteiger charge is 2.17. The molecule has 1 aliphatic rings. The van der Waals surface area contributed by atoms with Gasteiger partial charge in [-0.05, 0) is 12.2 Å². The minimum Gasteiger partial charge on any atom is -0.383 e. The first kappa shape index (κ1) is 6.88. The van der Waals surface area contributed by atoms with Crippen LogP contribution in [0.5, 0.6) is 0 Å². The van der Waals surface area contributed by atoms with E-state index >= 15 is 0 Å². The van der Waals surface area contributed by atoms with E-state index in [0.717, 1.165) is 0 Å². The molecule has 10 heavy (non-hydrogen) atoms. The van der Waals surface area contributed by atoms with Crippen LogP contribution >= 0.6 is 12.2 Å². The topological polar surface area (TPSA) is 67.5 Å². The van der Waals surface area contributed by atoms with Gasteiger partial charge in [-0.3, -0.25) is 10.1 Å². The number of nitrogens with two attached hydrogens (primary N) is 1. The summed E-state index contributed by atoms with van der Waals surface area (Å²) in [6.07, 6.45) is 0. The molecule has 0 aromatic heterocycles. The zero-order valence-corrected chi connectivity index (χ0v) is 5.86. The van der Waals surface area contributed by atoms with E-state index in [0.29, 0.717) is 0 Å². The Morgan fingerprint density at radius 1 is 1.70 bits per heavy atom.